The molecule has 6 atom stereocenters. The van der Waals surface area contributed by atoms with Crippen molar-refractivity contribution in [3.63, 3.8) is 0 Å². The quantitative estimate of drug-likeness (QED) is 0.257. The molecule has 184 valence electrons. The van der Waals surface area contributed by atoms with Crippen LogP contribution in [0.25, 0.3) is 0 Å². The summed E-state index contributed by atoms with van der Waals surface area (Å²) in [5.74, 6) is 2.38. The SMILES string of the molecule is C/C(=C\C[C@@H](O)C1=CCC[C@]2(C)[C@@H]([C@H](C)CCCC(C)C)CC[C@@]12C)CC[C@@H]1OC1(C)C. The second kappa shape index (κ2) is 9.95. The van der Waals surface area contributed by atoms with Crippen LogP contribution in [0, 0.1) is 28.6 Å². The Kier molecular flexibility index (Phi) is 8.08. The molecule has 0 aromatic heterocycles. The lowest BCUT2D eigenvalue weighted by Gasteiger charge is -2.51. The van der Waals surface area contributed by atoms with Gasteiger partial charge >= 0.3 is 0 Å². The molecule has 0 radical (unpaired) electrons. The van der Waals surface area contributed by atoms with Gasteiger partial charge in [0.25, 0.3) is 0 Å². The van der Waals surface area contributed by atoms with Crippen LogP contribution in [-0.4, -0.2) is 22.9 Å². The summed E-state index contributed by atoms with van der Waals surface area (Å²) in [7, 11) is 0. The topological polar surface area (TPSA) is 32.8 Å². The van der Waals surface area contributed by atoms with Gasteiger partial charge in [-0.25, -0.2) is 0 Å². The summed E-state index contributed by atoms with van der Waals surface area (Å²) in [6, 6.07) is 0. The summed E-state index contributed by atoms with van der Waals surface area (Å²) >= 11 is 0. The number of epoxide rings is 1. The number of fused-ring (bicyclic) bond motifs is 1. The molecule has 3 rings (SSSR count). The first-order valence-electron chi connectivity index (χ1n) is 13.6. The second-order valence-electron chi connectivity index (χ2n) is 12.9. The van der Waals surface area contributed by atoms with E-state index in [-0.39, 0.29) is 17.1 Å². The molecule has 1 heterocycles. The maximum Gasteiger partial charge on any atom is 0.0892 e. The zero-order valence-electron chi connectivity index (χ0n) is 22.5. The Hall–Kier alpha value is -0.600. The summed E-state index contributed by atoms with van der Waals surface area (Å²) in [5, 5.41) is 11.3. The van der Waals surface area contributed by atoms with E-state index in [1.54, 1.807) is 0 Å². The summed E-state index contributed by atoms with van der Waals surface area (Å²) < 4.78 is 5.73. The summed E-state index contributed by atoms with van der Waals surface area (Å²) in [6.45, 7) is 18.8. The maximum atomic E-state index is 11.3. The standard InChI is InChI=1S/C30H52O2/c1-21(2)11-9-12-23(4)24-18-20-30(8)25(13-10-19-29(24,30)7)26(31)16-14-22(3)15-17-27-28(5,6)32-27/h13-14,21,23-24,26-27,31H,9-12,15-20H2,1-8H3/b22-14+/t23-,24-,26-,27+,29-,30+/m1/s1. The number of aliphatic hydroxyl groups is 1. The molecule has 0 amide bonds. The highest BCUT2D eigenvalue weighted by atomic mass is 16.6. The molecule has 0 bridgehead atoms. The normalized spacial score (nSPS) is 36.1. The van der Waals surface area contributed by atoms with Crippen molar-refractivity contribution in [2.45, 2.75) is 137 Å². The Balaban J connectivity index is 1.60. The van der Waals surface area contributed by atoms with Gasteiger partial charge in [0.1, 0.15) is 0 Å². The minimum Gasteiger partial charge on any atom is -0.388 e. The van der Waals surface area contributed by atoms with E-state index in [9.17, 15) is 5.11 Å². The molecule has 0 spiro atoms. The van der Waals surface area contributed by atoms with E-state index in [0.717, 1.165) is 43.4 Å². The third kappa shape index (κ3) is 5.38. The highest BCUT2D eigenvalue weighted by Gasteiger charge is 2.58. The predicted molar refractivity (Wildman–Crippen MR) is 137 cm³/mol. The zero-order chi connectivity index (χ0) is 23.7. The van der Waals surface area contributed by atoms with Crippen molar-refractivity contribution in [3.8, 4) is 0 Å². The lowest BCUT2D eigenvalue weighted by atomic mass is 9.54. The first-order chi connectivity index (χ1) is 14.9. The fourth-order valence-electron chi connectivity index (χ4n) is 7.25. The summed E-state index contributed by atoms with van der Waals surface area (Å²) in [5.41, 5.74) is 3.29. The van der Waals surface area contributed by atoms with Crippen LogP contribution in [0.15, 0.2) is 23.3 Å². The second-order valence-corrected chi connectivity index (χ2v) is 12.9. The number of hydrogen-bond acceptors (Lipinski definition) is 2. The van der Waals surface area contributed by atoms with E-state index in [4.69, 9.17) is 4.74 Å². The molecule has 0 aromatic rings. The Morgan fingerprint density at radius 1 is 1.16 bits per heavy atom. The fraction of sp³-hybridized carbons (Fsp3) is 0.867. The van der Waals surface area contributed by atoms with Crippen LogP contribution in [0.2, 0.25) is 0 Å². The average molecular weight is 445 g/mol. The number of rotatable bonds is 11. The van der Waals surface area contributed by atoms with Crippen LogP contribution in [0.5, 0.6) is 0 Å². The molecular weight excluding hydrogens is 392 g/mol. The molecule has 1 saturated carbocycles. The van der Waals surface area contributed by atoms with Gasteiger partial charge in [0, 0.05) is 0 Å². The highest BCUT2D eigenvalue weighted by molar-refractivity contribution is 5.29. The van der Waals surface area contributed by atoms with Crippen molar-refractivity contribution in [2.75, 3.05) is 0 Å². The molecule has 2 fully saturated rings. The van der Waals surface area contributed by atoms with Crippen LogP contribution in [0.1, 0.15) is 120 Å². The van der Waals surface area contributed by atoms with Crippen LogP contribution >= 0.6 is 0 Å². The highest BCUT2D eigenvalue weighted by Crippen LogP contribution is 2.66. The maximum absolute atomic E-state index is 11.3. The van der Waals surface area contributed by atoms with E-state index in [1.165, 1.54) is 49.7 Å². The summed E-state index contributed by atoms with van der Waals surface area (Å²) in [6.07, 6.45) is 16.7. The van der Waals surface area contributed by atoms with E-state index in [1.807, 2.05) is 0 Å². The van der Waals surface area contributed by atoms with E-state index >= 15 is 0 Å². The lowest BCUT2D eigenvalue weighted by molar-refractivity contribution is 0.0285. The predicted octanol–water partition coefficient (Wildman–Crippen LogP) is 8.25. The number of aliphatic hydroxyl groups excluding tert-OH is 1. The van der Waals surface area contributed by atoms with Gasteiger partial charge in [0.2, 0.25) is 0 Å². The molecule has 0 unspecified atom stereocenters. The van der Waals surface area contributed by atoms with Gasteiger partial charge in [-0.05, 0) is 99.9 Å². The number of hydrogen-bond donors (Lipinski definition) is 1. The van der Waals surface area contributed by atoms with E-state index in [2.05, 4.69) is 67.5 Å². The Morgan fingerprint density at radius 3 is 2.47 bits per heavy atom. The largest absolute Gasteiger partial charge is 0.388 e. The van der Waals surface area contributed by atoms with Gasteiger partial charge in [0.15, 0.2) is 0 Å². The molecule has 0 aromatic carbocycles. The molecule has 2 heteroatoms. The van der Waals surface area contributed by atoms with Crippen LogP contribution in [0.4, 0.5) is 0 Å². The van der Waals surface area contributed by atoms with E-state index < -0.39 is 0 Å². The van der Waals surface area contributed by atoms with Gasteiger partial charge in [0.05, 0.1) is 17.8 Å². The third-order valence-corrected chi connectivity index (χ3v) is 9.84. The smallest absolute Gasteiger partial charge is 0.0892 e. The molecule has 1 saturated heterocycles. The first kappa shape index (κ1) is 26.0. The van der Waals surface area contributed by atoms with Gasteiger partial charge in [-0.1, -0.05) is 71.6 Å². The molecule has 1 N–H and O–H groups in total. The number of ether oxygens (including phenoxy) is 1. The first-order valence-corrected chi connectivity index (χ1v) is 13.6. The van der Waals surface area contributed by atoms with Crippen molar-refractivity contribution in [3.05, 3.63) is 23.3 Å². The Bertz CT molecular complexity index is 702. The van der Waals surface area contributed by atoms with Gasteiger partial charge in [-0.2, -0.15) is 0 Å². The average Bonchev–Trinajstić information content (AvgIpc) is 3.21. The third-order valence-electron chi connectivity index (χ3n) is 9.84. The van der Waals surface area contributed by atoms with Crippen LogP contribution < -0.4 is 0 Å². The van der Waals surface area contributed by atoms with Crippen LogP contribution in [0.3, 0.4) is 0 Å². The molecule has 2 aliphatic carbocycles. The number of allylic oxidation sites excluding steroid dienone is 2. The zero-order valence-corrected chi connectivity index (χ0v) is 22.5. The molecule has 1 aliphatic heterocycles. The van der Waals surface area contributed by atoms with Gasteiger partial charge < -0.3 is 9.84 Å². The van der Waals surface area contributed by atoms with Crippen molar-refractivity contribution in [2.24, 2.45) is 28.6 Å². The molecule has 2 nitrogen and oxygen atoms in total. The fourth-order valence-corrected chi connectivity index (χ4v) is 7.25. The molecular formula is C30H52O2. The summed E-state index contributed by atoms with van der Waals surface area (Å²) in [4.78, 5) is 0. The minimum atomic E-state index is -0.335. The van der Waals surface area contributed by atoms with Gasteiger partial charge in [-0.15, -0.1) is 0 Å². The van der Waals surface area contributed by atoms with E-state index in [0.29, 0.717) is 11.5 Å². The van der Waals surface area contributed by atoms with Crippen molar-refractivity contribution < 1.29 is 9.84 Å². The Labute approximate surface area is 199 Å². The minimum absolute atomic E-state index is 0.0800. The molecule has 32 heavy (non-hydrogen) atoms. The van der Waals surface area contributed by atoms with Crippen molar-refractivity contribution in [1.29, 1.82) is 0 Å². The van der Waals surface area contributed by atoms with Crippen molar-refractivity contribution in [1.82, 2.24) is 0 Å². The van der Waals surface area contributed by atoms with Crippen molar-refractivity contribution >= 4 is 0 Å². The lowest BCUT2D eigenvalue weighted by Crippen LogP contribution is -2.44. The monoisotopic (exact) mass is 444 g/mol. The van der Waals surface area contributed by atoms with Crippen LogP contribution in [-0.2, 0) is 4.74 Å². The Morgan fingerprint density at radius 2 is 1.84 bits per heavy atom. The van der Waals surface area contributed by atoms with Gasteiger partial charge in [-0.3, -0.25) is 0 Å². The molecule has 3 aliphatic rings.